The molecule has 1 rings (SSSR count). The van der Waals surface area contributed by atoms with Crippen molar-refractivity contribution in [3.05, 3.63) is 35.4 Å². The maximum atomic E-state index is 5.80. The van der Waals surface area contributed by atoms with Crippen molar-refractivity contribution in [1.29, 1.82) is 0 Å². The Bertz CT molecular complexity index is 331. The highest BCUT2D eigenvalue weighted by atomic mass is 14.9. The third-order valence-electron chi connectivity index (χ3n) is 3.22. The zero-order valence-corrected chi connectivity index (χ0v) is 10.9. The van der Waals surface area contributed by atoms with E-state index < -0.39 is 0 Å². The SMILES string of the molecule is CNC(CC(C)(C)CN)c1ccccc1C. The molecule has 0 spiro atoms. The average Bonchev–Trinajstić information content (AvgIpc) is 2.27. The predicted molar refractivity (Wildman–Crippen MR) is 70.4 cm³/mol. The Hall–Kier alpha value is -0.860. The lowest BCUT2D eigenvalue weighted by atomic mass is 9.83. The summed E-state index contributed by atoms with van der Waals surface area (Å²) in [6.07, 6.45) is 1.06. The van der Waals surface area contributed by atoms with E-state index >= 15 is 0 Å². The van der Waals surface area contributed by atoms with Crippen LogP contribution in [0.1, 0.15) is 37.4 Å². The topological polar surface area (TPSA) is 38.0 Å². The fourth-order valence-corrected chi connectivity index (χ4v) is 1.98. The van der Waals surface area contributed by atoms with Crippen molar-refractivity contribution in [2.75, 3.05) is 13.6 Å². The molecule has 0 fully saturated rings. The summed E-state index contributed by atoms with van der Waals surface area (Å²) in [7, 11) is 2.02. The zero-order valence-electron chi connectivity index (χ0n) is 10.9. The van der Waals surface area contributed by atoms with Crippen LogP contribution in [-0.2, 0) is 0 Å². The molecule has 1 aromatic carbocycles. The number of rotatable bonds is 5. The lowest BCUT2D eigenvalue weighted by Crippen LogP contribution is -2.30. The first-order valence-corrected chi connectivity index (χ1v) is 5.93. The molecule has 1 atom stereocenters. The first-order valence-electron chi connectivity index (χ1n) is 5.93. The zero-order chi connectivity index (χ0) is 12.2. The second-order valence-corrected chi connectivity index (χ2v) is 5.27. The van der Waals surface area contributed by atoms with Gasteiger partial charge in [-0.3, -0.25) is 0 Å². The Morgan fingerprint density at radius 3 is 2.44 bits per heavy atom. The highest BCUT2D eigenvalue weighted by Gasteiger charge is 2.22. The first kappa shape index (κ1) is 13.2. The molecular formula is C14H24N2. The van der Waals surface area contributed by atoms with E-state index in [9.17, 15) is 0 Å². The summed E-state index contributed by atoms with van der Waals surface area (Å²) in [5.74, 6) is 0. The molecule has 3 N–H and O–H groups in total. The smallest absolute Gasteiger partial charge is 0.0325 e. The van der Waals surface area contributed by atoms with Gasteiger partial charge in [0.1, 0.15) is 0 Å². The number of nitrogens with one attached hydrogen (secondary N) is 1. The summed E-state index contributed by atoms with van der Waals surface area (Å²) in [6.45, 7) is 7.32. The average molecular weight is 220 g/mol. The minimum Gasteiger partial charge on any atom is -0.330 e. The van der Waals surface area contributed by atoms with Gasteiger partial charge in [-0.05, 0) is 43.5 Å². The molecule has 0 saturated carbocycles. The predicted octanol–water partition coefficient (Wildman–Crippen LogP) is 2.63. The third kappa shape index (κ3) is 3.32. The van der Waals surface area contributed by atoms with Crippen molar-refractivity contribution in [2.24, 2.45) is 11.1 Å². The van der Waals surface area contributed by atoms with E-state index in [1.807, 2.05) is 7.05 Å². The van der Waals surface area contributed by atoms with Gasteiger partial charge in [-0.1, -0.05) is 38.1 Å². The van der Waals surface area contributed by atoms with Gasteiger partial charge in [0.25, 0.3) is 0 Å². The normalized spacial score (nSPS) is 13.8. The molecule has 0 aromatic heterocycles. The summed E-state index contributed by atoms with van der Waals surface area (Å²) in [5.41, 5.74) is 8.70. The summed E-state index contributed by atoms with van der Waals surface area (Å²) in [4.78, 5) is 0. The van der Waals surface area contributed by atoms with Crippen molar-refractivity contribution in [2.45, 2.75) is 33.2 Å². The quantitative estimate of drug-likeness (QED) is 0.800. The van der Waals surface area contributed by atoms with Crippen LogP contribution in [0.2, 0.25) is 0 Å². The second kappa shape index (κ2) is 5.46. The van der Waals surface area contributed by atoms with Gasteiger partial charge < -0.3 is 11.1 Å². The fraction of sp³-hybridized carbons (Fsp3) is 0.571. The minimum absolute atomic E-state index is 0.177. The van der Waals surface area contributed by atoms with Crippen LogP contribution in [0.15, 0.2) is 24.3 Å². The number of nitrogens with two attached hydrogens (primary N) is 1. The lowest BCUT2D eigenvalue weighted by Gasteiger charge is -2.29. The van der Waals surface area contributed by atoms with E-state index in [0.29, 0.717) is 6.04 Å². The first-order chi connectivity index (χ1) is 7.50. The van der Waals surface area contributed by atoms with Gasteiger partial charge in [0.05, 0.1) is 0 Å². The van der Waals surface area contributed by atoms with Gasteiger partial charge in [-0.25, -0.2) is 0 Å². The molecular weight excluding hydrogens is 196 g/mol. The van der Waals surface area contributed by atoms with Crippen molar-refractivity contribution >= 4 is 0 Å². The highest BCUT2D eigenvalue weighted by Crippen LogP contribution is 2.30. The lowest BCUT2D eigenvalue weighted by molar-refractivity contribution is 0.298. The van der Waals surface area contributed by atoms with Gasteiger partial charge >= 0.3 is 0 Å². The van der Waals surface area contributed by atoms with E-state index in [0.717, 1.165) is 13.0 Å². The van der Waals surface area contributed by atoms with Gasteiger partial charge in [0.15, 0.2) is 0 Å². The van der Waals surface area contributed by atoms with Crippen LogP contribution >= 0.6 is 0 Å². The maximum absolute atomic E-state index is 5.80. The number of benzene rings is 1. The van der Waals surface area contributed by atoms with Crippen molar-refractivity contribution < 1.29 is 0 Å². The van der Waals surface area contributed by atoms with Crippen molar-refractivity contribution in [3.63, 3.8) is 0 Å². The molecule has 0 heterocycles. The monoisotopic (exact) mass is 220 g/mol. The third-order valence-corrected chi connectivity index (χ3v) is 3.22. The van der Waals surface area contributed by atoms with E-state index in [2.05, 4.69) is 50.4 Å². The van der Waals surface area contributed by atoms with Crippen LogP contribution in [0.25, 0.3) is 0 Å². The highest BCUT2D eigenvalue weighted by molar-refractivity contribution is 5.28. The van der Waals surface area contributed by atoms with Crippen LogP contribution in [0.3, 0.4) is 0 Å². The van der Waals surface area contributed by atoms with Crippen LogP contribution in [0.4, 0.5) is 0 Å². The van der Waals surface area contributed by atoms with E-state index in [4.69, 9.17) is 5.73 Å². The Morgan fingerprint density at radius 2 is 1.94 bits per heavy atom. The van der Waals surface area contributed by atoms with Gasteiger partial charge in [0.2, 0.25) is 0 Å². The number of hydrogen-bond donors (Lipinski definition) is 2. The second-order valence-electron chi connectivity index (χ2n) is 5.27. The van der Waals surface area contributed by atoms with Crippen LogP contribution in [0, 0.1) is 12.3 Å². The molecule has 0 amide bonds. The number of aryl methyl sites for hydroxylation is 1. The minimum atomic E-state index is 0.177. The molecule has 0 aliphatic rings. The molecule has 1 unspecified atom stereocenters. The largest absolute Gasteiger partial charge is 0.330 e. The van der Waals surface area contributed by atoms with E-state index in [-0.39, 0.29) is 5.41 Å². The molecule has 2 heteroatoms. The Balaban J connectivity index is 2.87. The van der Waals surface area contributed by atoms with Crippen LogP contribution < -0.4 is 11.1 Å². The molecule has 0 aliphatic carbocycles. The molecule has 16 heavy (non-hydrogen) atoms. The standard InChI is InChI=1S/C14H24N2/c1-11-7-5-6-8-12(11)13(16-4)9-14(2,3)10-15/h5-8,13,16H,9-10,15H2,1-4H3. The van der Waals surface area contributed by atoms with Crippen LogP contribution in [-0.4, -0.2) is 13.6 Å². The summed E-state index contributed by atoms with van der Waals surface area (Å²) < 4.78 is 0. The maximum Gasteiger partial charge on any atom is 0.0325 e. The van der Waals surface area contributed by atoms with Crippen LogP contribution in [0.5, 0.6) is 0 Å². The molecule has 0 radical (unpaired) electrons. The molecule has 0 saturated heterocycles. The summed E-state index contributed by atoms with van der Waals surface area (Å²) >= 11 is 0. The molecule has 1 aromatic rings. The van der Waals surface area contributed by atoms with Gasteiger partial charge in [-0.15, -0.1) is 0 Å². The van der Waals surface area contributed by atoms with Gasteiger partial charge in [0, 0.05) is 6.04 Å². The Morgan fingerprint density at radius 1 is 1.31 bits per heavy atom. The van der Waals surface area contributed by atoms with Crippen molar-refractivity contribution in [3.8, 4) is 0 Å². The summed E-state index contributed by atoms with van der Waals surface area (Å²) in [6, 6.07) is 8.93. The molecule has 2 nitrogen and oxygen atoms in total. The molecule has 0 bridgehead atoms. The number of hydrogen-bond acceptors (Lipinski definition) is 2. The van der Waals surface area contributed by atoms with Gasteiger partial charge in [-0.2, -0.15) is 0 Å². The molecule has 0 aliphatic heterocycles. The fourth-order valence-electron chi connectivity index (χ4n) is 1.98. The Kier molecular flexibility index (Phi) is 4.51. The van der Waals surface area contributed by atoms with E-state index in [1.54, 1.807) is 0 Å². The Labute approximate surface area is 99.2 Å². The van der Waals surface area contributed by atoms with Crippen molar-refractivity contribution in [1.82, 2.24) is 5.32 Å². The van der Waals surface area contributed by atoms with E-state index in [1.165, 1.54) is 11.1 Å². The summed E-state index contributed by atoms with van der Waals surface area (Å²) in [5, 5.41) is 3.39. The molecule has 90 valence electrons.